The summed E-state index contributed by atoms with van der Waals surface area (Å²) in [6, 6.07) is 13.1. The first-order valence-corrected chi connectivity index (χ1v) is 10.0. The Morgan fingerprint density at radius 2 is 1.72 bits per heavy atom. The van der Waals surface area contributed by atoms with E-state index in [4.69, 9.17) is 9.15 Å². The Labute approximate surface area is 184 Å². The van der Waals surface area contributed by atoms with Crippen molar-refractivity contribution in [3.8, 4) is 0 Å². The minimum absolute atomic E-state index is 0.0608. The molecular weight excluding hydrogens is 412 g/mol. The molecule has 0 bridgehead atoms. The third-order valence-corrected chi connectivity index (χ3v) is 4.77. The average molecular weight is 436 g/mol. The van der Waals surface area contributed by atoms with Crippen molar-refractivity contribution >= 4 is 34.4 Å². The van der Waals surface area contributed by atoms with E-state index in [1.54, 1.807) is 12.1 Å². The highest BCUT2D eigenvalue weighted by atomic mass is 16.5. The Kier molecular flexibility index (Phi) is 7.04. The summed E-state index contributed by atoms with van der Waals surface area (Å²) in [6.45, 7) is 4.57. The number of anilines is 1. The minimum atomic E-state index is -0.598. The molecule has 2 N–H and O–H groups in total. The summed E-state index contributed by atoms with van der Waals surface area (Å²) in [5.74, 6) is -1.04. The Morgan fingerprint density at radius 3 is 2.38 bits per heavy atom. The van der Waals surface area contributed by atoms with E-state index >= 15 is 0 Å². The van der Waals surface area contributed by atoms with Gasteiger partial charge in [0.15, 0.2) is 0 Å². The van der Waals surface area contributed by atoms with Crippen LogP contribution >= 0.6 is 0 Å². The van der Waals surface area contributed by atoms with Crippen LogP contribution < -0.4 is 16.3 Å². The molecule has 2 aromatic carbocycles. The smallest absolute Gasteiger partial charge is 0.336 e. The van der Waals surface area contributed by atoms with Gasteiger partial charge in [-0.05, 0) is 24.6 Å². The molecule has 3 rings (SSSR count). The molecule has 3 aromatic rings. The van der Waals surface area contributed by atoms with E-state index in [1.165, 1.54) is 26.0 Å². The number of hydrogen-bond donors (Lipinski definition) is 2. The van der Waals surface area contributed by atoms with Crippen molar-refractivity contribution in [1.29, 1.82) is 0 Å². The maximum atomic E-state index is 12.5. The molecule has 0 spiro atoms. The lowest BCUT2D eigenvalue weighted by Crippen LogP contribution is -2.28. The monoisotopic (exact) mass is 436 g/mol. The molecule has 1 heterocycles. The summed E-state index contributed by atoms with van der Waals surface area (Å²) in [5, 5.41) is 5.97. The van der Waals surface area contributed by atoms with Gasteiger partial charge in [0.1, 0.15) is 12.2 Å². The van der Waals surface area contributed by atoms with Gasteiger partial charge in [-0.3, -0.25) is 14.4 Å². The fourth-order valence-corrected chi connectivity index (χ4v) is 3.31. The lowest BCUT2D eigenvalue weighted by molar-refractivity contribution is -0.145. The van der Waals surface area contributed by atoms with Crippen LogP contribution in [0.25, 0.3) is 11.0 Å². The maximum absolute atomic E-state index is 12.5. The number of aryl methyl sites for hydroxylation is 1. The summed E-state index contributed by atoms with van der Waals surface area (Å²) in [5.41, 5.74) is 2.49. The van der Waals surface area contributed by atoms with Crippen molar-refractivity contribution in [2.75, 3.05) is 5.32 Å². The van der Waals surface area contributed by atoms with Crippen molar-refractivity contribution < 1.29 is 23.5 Å². The Hall–Kier alpha value is -3.94. The number of carbonyl (C=O) groups is 3. The van der Waals surface area contributed by atoms with Crippen LogP contribution in [-0.4, -0.2) is 17.8 Å². The SMILES string of the molecule is CC(=O)Nc1ccc2c(COC(=O)C[C@@H](NC(C)=O)c3ccc(C)cc3)cc(=O)oc2c1. The van der Waals surface area contributed by atoms with Gasteiger partial charge < -0.3 is 19.8 Å². The van der Waals surface area contributed by atoms with Crippen LogP contribution in [0.15, 0.2) is 57.7 Å². The zero-order valence-electron chi connectivity index (χ0n) is 18.1. The first-order valence-electron chi connectivity index (χ1n) is 10.0. The van der Waals surface area contributed by atoms with E-state index in [0.717, 1.165) is 11.1 Å². The number of amides is 2. The van der Waals surface area contributed by atoms with Gasteiger partial charge in [-0.1, -0.05) is 29.8 Å². The van der Waals surface area contributed by atoms with Gasteiger partial charge in [0.05, 0.1) is 12.5 Å². The van der Waals surface area contributed by atoms with Crippen LogP contribution in [0.1, 0.15) is 43.0 Å². The fourth-order valence-electron chi connectivity index (χ4n) is 3.31. The second-order valence-electron chi connectivity index (χ2n) is 7.51. The molecule has 0 saturated carbocycles. The second-order valence-corrected chi connectivity index (χ2v) is 7.51. The first-order chi connectivity index (χ1) is 15.2. The quantitative estimate of drug-likeness (QED) is 0.434. The maximum Gasteiger partial charge on any atom is 0.336 e. The van der Waals surface area contributed by atoms with Crippen molar-refractivity contribution in [3.05, 3.63) is 75.6 Å². The zero-order valence-corrected chi connectivity index (χ0v) is 18.1. The number of rotatable bonds is 7. The molecule has 0 unspecified atom stereocenters. The molecule has 8 nitrogen and oxygen atoms in total. The van der Waals surface area contributed by atoms with E-state index in [9.17, 15) is 19.2 Å². The lowest BCUT2D eigenvalue weighted by atomic mass is 10.0. The third kappa shape index (κ3) is 6.04. The van der Waals surface area contributed by atoms with E-state index < -0.39 is 17.6 Å². The van der Waals surface area contributed by atoms with E-state index in [-0.39, 0.29) is 30.4 Å². The standard InChI is InChI=1S/C24H24N2O6/c1-14-4-6-17(7-5-14)21(26-16(3)28)12-23(29)31-13-18-10-24(30)32-22-11-19(25-15(2)27)8-9-20(18)22/h4-11,21H,12-13H2,1-3H3,(H,25,27)(H,26,28)/t21-/m1/s1. The average Bonchev–Trinajstić information content (AvgIpc) is 2.71. The Balaban J connectivity index is 1.75. The summed E-state index contributed by atoms with van der Waals surface area (Å²) in [4.78, 5) is 47.3. The predicted octanol–water partition coefficient (Wildman–Crippen LogP) is 3.37. The van der Waals surface area contributed by atoms with Gasteiger partial charge in [-0.25, -0.2) is 4.79 Å². The lowest BCUT2D eigenvalue weighted by Gasteiger charge is -2.18. The number of esters is 1. The topological polar surface area (TPSA) is 115 Å². The van der Waals surface area contributed by atoms with Gasteiger partial charge in [0, 0.05) is 42.6 Å². The molecule has 0 aliphatic heterocycles. The summed E-state index contributed by atoms with van der Waals surface area (Å²) < 4.78 is 10.6. The summed E-state index contributed by atoms with van der Waals surface area (Å²) >= 11 is 0. The highest BCUT2D eigenvalue weighted by Gasteiger charge is 2.19. The number of nitrogens with one attached hydrogen (secondary N) is 2. The van der Waals surface area contributed by atoms with Gasteiger partial charge in [-0.2, -0.15) is 0 Å². The van der Waals surface area contributed by atoms with Crippen molar-refractivity contribution in [2.45, 2.75) is 39.8 Å². The molecule has 1 aromatic heterocycles. The van der Waals surface area contributed by atoms with Crippen LogP contribution in [0.4, 0.5) is 5.69 Å². The molecular formula is C24H24N2O6. The zero-order chi connectivity index (χ0) is 23.3. The van der Waals surface area contributed by atoms with Crippen LogP contribution in [-0.2, 0) is 25.7 Å². The van der Waals surface area contributed by atoms with Crippen molar-refractivity contribution in [3.63, 3.8) is 0 Å². The number of fused-ring (bicyclic) bond motifs is 1. The van der Waals surface area contributed by atoms with Crippen LogP contribution in [0.3, 0.4) is 0 Å². The van der Waals surface area contributed by atoms with Crippen LogP contribution in [0, 0.1) is 6.92 Å². The largest absolute Gasteiger partial charge is 0.461 e. The van der Waals surface area contributed by atoms with Crippen LogP contribution in [0.5, 0.6) is 0 Å². The molecule has 8 heteroatoms. The number of hydrogen-bond acceptors (Lipinski definition) is 6. The molecule has 166 valence electrons. The third-order valence-electron chi connectivity index (χ3n) is 4.77. The van der Waals surface area contributed by atoms with Crippen molar-refractivity contribution in [1.82, 2.24) is 5.32 Å². The molecule has 0 fully saturated rings. The number of benzene rings is 2. The highest BCUT2D eigenvalue weighted by Crippen LogP contribution is 2.23. The molecule has 0 aliphatic carbocycles. The molecule has 0 saturated heterocycles. The Morgan fingerprint density at radius 1 is 1.00 bits per heavy atom. The first kappa shape index (κ1) is 22.7. The fraction of sp³-hybridized carbons (Fsp3) is 0.250. The molecule has 0 radical (unpaired) electrons. The summed E-state index contributed by atoms with van der Waals surface area (Å²) in [6.07, 6.45) is -0.0608. The van der Waals surface area contributed by atoms with Crippen molar-refractivity contribution in [2.24, 2.45) is 0 Å². The van der Waals surface area contributed by atoms with Gasteiger partial charge >= 0.3 is 11.6 Å². The number of ether oxygens (including phenoxy) is 1. The highest BCUT2D eigenvalue weighted by molar-refractivity contribution is 5.92. The normalized spacial score (nSPS) is 11.6. The van der Waals surface area contributed by atoms with Gasteiger partial charge in [0.25, 0.3) is 0 Å². The minimum Gasteiger partial charge on any atom is -0.461 e. The summed E-state index contributed by atoms with van der Waals surface area (Å²) in [7, 11) is 0. The Bertz CT molecular complexity index is 1210. The molecule has 2 amide bonds. The molecule has 32 heavy (non-hydrogen) atoms. The van der Waals surface area contributed by atoms with Gasteiger partial charge in [0.2, 0.25) is 11.8 Å². The second kappa shape index (κ2) is 9.91. The van der Waals surface area contributed by atoms with Gasteiger partial charge in [-0.15, -0.1) is 0 Å². The molecule has 0 aliphatic rings. The predicted molar refractivity (Wildman–Crippen MR) is 119 cm³/mol. The molecule has 1 atom stereocenters. The van der Waals surface area contributed by atoms with E-state index in [0.29, 0.717) is 16.6 Å². The number of carbonyl (C=O) groups excluding carboxylic acids is 3. The van der Waals surface area contributed by atoms with E-state index in [1.807, 2.05) is 31.2 Å². The van der Waals surface area contributed by atoms with E-state index in [2.05, 4.69) is 10.6 Å². The van der Waals surface area contributed by atoms with Crippen LogP contribution in [0.2, 0.25) is 0 Å².